The topological polar surface area (TPSA) is 167 Å². The van der Waals surface area contributed by atoms with Gasteiger partial charge in [-0.05, 0) is 92.3 Å². The number of aromatic amines is 2. The number of alkyl carbamates (subject to hydrolysis) is 1. The molecule has 0 spiro atoms. The van der Waals surface area contributed by atoms with E-state index in [0.29, 0.717) is 13.1 Å². The molecular weight excluding hydrogens is 719 g/mol. The van der Waals surface area contributed by atoms with Gasteiger partial charge in [0.25, 0.3) is 5.91 Å². The molecule has 2 aliphatic rings. The molecule has 0 aliphatic carbocycles. The molecule has 0 bridgehead atoms. The number of nitrogens with zero attached hydrogens (tertiary/aromatic N) is 5. The summed E-state index contributed by atoms with van der Waals surface area (Å²) >= 11 is 0. The number of imidazole rings is 2. The van der Waals surface area contributed by atoms with E-state index in [9.17, 15) is 14.4 Å². The van der Waals surface area contributed by atoms with Crippen LogP contribution in [0.3, 0.4) is 0 Å². The standard InChI is InChI=1S/C40H47N8O6P/c1-52-40(51)46-37(55)39(50)48-21-9-15-33(48)36-43-29-19-17-26(23-31(29)45-36)11-7-6-10-25-16-18-28-30(22-25)44-35(42-28)32-14-8-20-47(32)38(49)34(41-24-54-53-2)27-12-4-3-5-13-27/h3-5,12-13,16-19,22-24,32-34,37H,6-11,14-15,20-21,55H2,1-2H3,(H,42,44)(H,43,45)(H,46,51)/b41-24-/t32-,33-,34+,37+/m0/s1. The molecule has 15 heteroatoms. The number of hydrogen-bond donors (Lipinski definition) is 3. The van der Waals surface area contributed by atoms with Gasteiger partial charge in [0, 0.05) is 13.1 Å². The molecular formula is C40H47N8O6P. The van der Waals surface area contributed by atoms with Crippen molar-refractivity contribution in [2.75, 3.05) is 27.3 Å². The third kappa shape index (κ3) is 8.66. The lowest BCUT2D eigenvalue weighted by Gasteiger charge is -2.26. The number of carbonyl (C=O) groups excluding carboxylic acids is 3. The monoisotopic (exact) mass is 766 g/mol. The van der Waals surface area contributed by atoms with E-state index in [4.69, 9.17) is 14.9 Å². The maximum Gasteiger partial charge on any atom is 0.407 e. The number of fused-ring (bicyclic) bond motifs is 2. The number of aryl methyl sites for hydroxylation is 2. The summed E-state index contributed by atoms with van der Waals surface area (Å²) in [6.45, 7) is 1.23. The maximum atomic E-state index is 13.9. The number of aromatic nitrogens is 4. The van der Waals surface area contributed by atoms with Crippen LogP contribution in [0.1, 0.15) is 85.0 Å². The van der Waals surface area contributed by atoms with Gasteiger partial charge in [-0.3, -0.25) is 9.59 Å². The number of hydrogen-bond acceptors (Lipinski definition) is 9. The number of carbonyl (C=O) groups is 3. The van der Waals surface area contributed by atoms with Crippen molar-refractivity contribution < 1.29 is 28.9 Å². The average Bonchev–Trinajstić information content (AvgIpc) is 4.03. The van der Waals surface area contributed by atoms with Gasteiger partial charge in [0.1, 0.15) is 17.4 Å². The van der Waals surface area contributed by atoms with Crippen molar-refractivity contribution >= 4 is 55.6 Å². The van der Waals surface area contributed by atoms with Crippen LogP contribution in [0.15, 0.2) is 71.7 Å². The average molecular weight is 767 g/mol. The summed E-state index contributed by atoms with van der Waals surface area (Å²) in [5.41, 5.74) is 6.88. The molecule has 3 N–H and O–H groups in total. The first-order valence-electron chi connectivity index (χ1n) is 18.8. The minimum absolute atomic E-state index is 0.106. The number of methoxy groups -OCH3 is 1. The SMILES string of the molecule is COO/C=N\[C@@H](C(=O)N1CCC[C@H]1c1nc2cc(CCCCc3ccc4[nH]c([C@@H]5CCCN5C(=O)[C@@H](P)NC(=O)OC)nc4c3)ccc2[nH]1)c1ccccc1. The quantitative estimate of drug-likeness (QED) is 0.0299. The Morgan fingerprint density at radius 2 is 1.42 bits per heavy atom. The van der Waals surface area contributed by atoms with Crippen molar-refractivity contribution in [2.24, 2.45) is 4.99 Å². The second kappa shape index (κ2) is 17.4. The molecule has 2 aromatic heterocycles. The van der Waals surface area contributed by atoms with Crippen LogP contribution < -0.4 is 5.32 Å². The van der Waals surface area contributed by atoms with Gasteiger partial charge in [-0.1, -0.05) is 42.5 Å². The van der Waals surface area contributed by atoms with E-state index in [2.05, 4.69) is 75.5 Å². The normalized spacial score (nSPS) is 18.3. The summed E-state index contributed by atoms with van der Waals surface area (Å²) in [5, 5.41) is 2.54. The fourth-order valence-electron chi connectivity index (χ4n) is 7.70. The highest BCUT2D eigenvalue weighted by molar-refractivity contribution is 7.19. The Morgan fingerprint density at radius 1 is 0.855 bits per heavy atom. The van der Waals surface area contributed by atoms with Crippen LogP contribution in [0.25, 0.3) is 22.1 Å². The van der Waals surface area contributed by atoms with Gasteiger partial charge in [0.15, 0.2) is 6.04 Å². The maximum absolute atomic E-state index is 13.9. The Morgan fingerprint density at radius 3 is 1.96 bits per heavy atom. The van der Waals surface area contributed by atoms with E-state index >= 15 is 0 Å². The first-order valence-corrected chi connectivity index (χ1v) is 19.4. The number of unbranched alkanes of at least 4 members (excludes halogenated alkanes) is 1. The smallest absolute Gasteiger partial charge is 0.407 e. The van der Waals surface area contributed by atoms with Crippen molar-refractivity contribution in [3.05, 3.63) is 95.1 Å². The zero-order valence-corrected chi connectivity index (χ0v) is 32.2. The van der Waals surface area contributed by atoms with Gasteiger partial charge < -0.3 is 34.7 Å². The second-order valence-corrected chi connectivity index (χ2v) is 14.6. The van der Waals surface area contributed by atoms with Crippen molar-refractivity contribution in [2.45, 2.75) is 75.3 Å². The van der Waals surface area contributed by atoms with E-state index in [1.165, 1.54) is 31.7 Å². The Bertz CT molecular complexity index is 2160. The molecule has 55 heavy (non-hydrogen) atoms. The summed E-state index contributed by atoms with van der Waals surface area (Å²) in [5.74, 6) is 0.481. The van der Waals surface area contributed by atoms with E-state index in [1.54, 1.807) is 4.90 Å². The number of likely N-dealkylation sites (tertiary alicyclic amines) is 2. The van der Waals surface area contributed by atoms with Crippen LogP contribution in [0, 0.1) is 0 Å². The second-order valence-electron chi connectivity index (χ2n) is 14.0. The first-order chi connectivity index (χ1) is 26.8. The van der Waals surface area contributed by atoms with Gasteiger partial charge in [-0.15, -0.1) is 9.24 Å². The molecule has 7 rings (SSSR count). The Hall–Kier alpha value is -5.33. The summed E-state index contributed by atoms with van der Waals surface area (Å²) in [7, 11) is 5.04. The molecule has 0 saturated carbocycles. The lowest BCUT2D eigenvalue weighted by Crippen LogP contribution is -2.45. The molecule has 4 heterocycles. The molecule has 5 atom stereocenters. The molecule has 2 fully saturated rings. The summed E-state index contributed by atoms with van der Waals surface area (Å²) < 4.78 is 4.65. The van der Waals surface area contributed by atoms with E-state index < -0.39 is 17.9 Å². The van der Waals surface area contributed by atoms with Crippen LogP contribution in [0.5, 0.6) is 0 Å². The Kier molecular flexibility index (Phi) is 12.0. The molecule has 5 aromatic rings. The number of ether oxygens (including phenoxy) is 1. The third-order valence-electron chi connectivity index (χ3n) is 10.4. The van der Waals surface area contributed by atoms with Gasteiger partial charge >= 0.3 is 6.09 Å². The van der Waals surface area contributed by atoms with E-state index in [-0.39, 0.29) is 23.9 Å². The van der Waals surface area contributed by atoms with Crippen LogP contribution >= 0.6 is 9.24 Å². The molecule has 0 radical (unpaired) electrons. The predicted octanol–water partition coefficient (Wildman–Crippen LogP) is 6.24. The summed E-state index contributed by atoms with van der Waals surface area (Å²) in [6.07, 6.45) is 7.76. The molecule has 2 aliphatic heterocycles. The third-order valence-corrected chi connectivity index (χ3v) is 10.9. The number of rotatable bonds is 14. The Balaban J connectivity index is 0.952. The lowest BCUT2D eigenvalue weighted by atomic mass is 10.0. The van der Waals surface area contributed by atoms with Crippen LogP contribution in [-0.2, 0) is 36.9 Å². The Labute approximate surface area is 321 Å². The highest BCUT2D eigenvalue weighted by Crippen LogP contribution is 2.36. The van der Waals surface area contributed by atoms with Crippen LogP contribution in [0.4, 0.5) is 4.79 Å². The van der Waals surface area contributed by atoms with Gasteiger partial charge in [-0.2, -0.15) is 4.89 Å². The number of benzene rings is 3. The highest BCUT2D eigenvalue weighted by atomic mass is 31.0. The number of H-pyrrole nitrogens is 2. The van der Waals surface area contributed by atoms with E-state index in [0.717, 1.165) is 90.6 Å². The van der Waals surface area contributed by atoms with E-state index in [1.807, 2.05) is 35.2 Å². The highest BCUT2D eigenvalue weighted by Gasteiger charge is 2.37. The molecule has 14 nitrogen and oxygen atoms in total. The summed E-state index contributed by atoms with van der Waals surface area (Å²) in [6, 6.07) is 21.1. The van der Waals surface area contributed by atoms with Crippen LogP contribution in [0.2, 0.25) is 0 Å². The van der Waals surface area contributed by atoms with Crippen molar-refractivity contribution in [1.29, 1.82) is 0 Å². The van der Waals surface area contributed by atoms with Crippen LogP contribution in [-0.4, -0.2) is 87.1 Å². The largest absolute Gasteiger partial charge is 0.453 e. The van der Waals surface area contributed by atoms with Crippen molar-refractivity contribution in [1.82, 2.24) is 35.1 Å². The minimum atomic E-state index is -0.773. The molecule has 1 unspecified atom stereocenters. The zero-order valence-electron chi connectivity index (χ0n) is 31.1. The molecule has 3 aromatic carbocycles. The lowest BCUT2D eigenvalue weighted by molar-refractivity contribution is -0.188. The number of aliphatic imine (C=N–C) groups is 1. The summed E-state index contributed by atoms with van der Waals surface area (Å²) in [4.78, 5) is 73.0. The van der Waals surface area contributed by atoms with Gasteiger partial charge in [-0.25, -0.2) is 19.8 Å². The minimum Gasteiger partial charge on any atom is -0.453 e. The number of nitrogens with one attached hydrogen (secondary N) is 3. The predicted molar refractivity (Wildman–Crippen MR) is 211 cm³/mol. The zero-order chi connectivity index (χ0) is 38.3. The fourth-order valence-corrected chi connectivity index (χ4v) is 8.02. The number of amides is 3. The van der Waals surface area contributed by atoms with Gasteiger partial charge in [0.05, 0.1) is 48.4 Å². The van der Waals surface area contributed by atoms with Gasteiger partial charge in [0.2, 0.25) is 12.3 Å². The van der Waals surface area contributed by atoms with Crippen molar-refractivity contribution in [3.63, 3.8) is 0 Å². The first kappa shape index (κ1) is 38.0. The van der Waals surface area contributed by atoms with Crippen molar-refractivity contribution in [3.8, 4) is 0 Å². The fraction of sp³-hybridized carbons (Fsp3) is 0.400. The molecule has 3 amide bonds. The molecule has 2 saturated heterocycles. The molecule has 288 valence electrons.